The molecule has 0 radical (unpaired) electrons. The molecule has 1 spiro atoms. The average Bonchev–Trinajstić information content (AvgIpc) is 2.82. The molecule has 128 valence electrons. The lowest BCUT2D eigenvalue weighted by molar-refractivity contribution is -0.155. The Hall–Kier alpha value is -1.30. The van der Waals surface area contributed by atoms with Crippen LogP contribution >= 0.6 is 0 Å². The first kappa shape index (κ1) is 18.7. The van der Waals surface area contributed by atoms with Crippen LogP contribution in [-0.4, -0.2) is 55.3 Å². The summed E-state index contributed by atoms with van der Waals surface area (Å²) in [6.45, 7) is 14.2. The van der Waals surface area contributed by atoms with Crippen molar-refractivity contribution in [2.45, 2.75) is 47.1 Å². The molecule has 1 amide bonds. The Balaban J connectivity index is 0.00000116. The van der Waals surface area contributed by atoms with Crippen molar-refractivity contribution in [1.29, 1.82) is 0 Å². The number of nitrogens with one attached hydrogen (secondary N) is 1. The van der Waals surface area contributed by atoms with E-state index in [4.69, 9.17) is 9.47 Å². The zero-order chi connectivity index (χ0) is 17.0. The zero-order valence-electron chi connectivity index (χ0n) is 14.7. The number of likely N-dealkylation sites (tertiary alicyclic amines) is 1. The predicted molar refractivity (Wildman–Crippen MR) is 84.6 cm³/mol. The quantitative estimate of drug-likeness (QED) is 0.790. The van der Waals surface area contributed by atoms with E-state index in [9.17, 15) is 9.59 Å². The third-order valence-electron chi connectivity index (χ3n) is 3.80. The van der Waals surface area contributed by atoms with E-state index in [0.29, 0.717) is 26.2 Å². The first-order valence-corrected chi connectivity index (χ1v) is 8.13. The maximum Gasteiger partial charge on any atom is 0.410 e. The van der Waals surface area contributed by atoms with Gasteiger partial charge in [-0.05, 0) is 27.7 Å². The predicted octanol–water partition coefficient (Wildman–Crippen LogP) is 2.03. The number of hydrogen-bond donors (Lipinski definition) is 1. The van der Waals surface area contributed by atoms with Crippen LogP contribution in [0.25, 0.3) is 0 Å². The fourth-order valence-corrected chi connectivity index (χ4v) is 2.88. The molecule has 0 aliphatic carbocycles. The number of carbonyl (C=O) groups excluding carboxylic acids is 2. The van der Waals surface area contributed by atoms with Crippen LogP contribution in [0.4, 0.5) is 4.79 Å². The molecule has 0 saturated carbocycles. The summed E-state index contributed by atoms with van der Waals surface area (Å²) in [5.41, 5.74) is -0.669. The van der Waals surface area contributed by atoms with Crippen LogP contribution in [-0.2, 0) is 14.3 Å². The van der Waals surface area contributed by atoms with Gasteiger partial charge in [-0.3, -0.25) is 4.79 Å². The van der Waals surface area contributed by atoms with E-state index in [-0.39, 0.29) is 23.4 Å². The van der Waals surface area contributed by atoms with Gasteiger partial charge in [-0.25, -0.2) is 4.79 Å². The summed E-state index contributed by atoms with van der Waals surface area (Å²) in [7, 11) is 0. The van der Waals surface area contributed by atoms with Crippen molar-refractivity contribution < 1.29 is 19.1 Å². The van der Waals surface area contributed by atoms with Crippen molar-refractivity contribution in [3.63, 3.8) is 0 Å². The number of rotatable bonds is 2. The van der Waals surface area contributed by atoms with Crippen LogP contribution in [0.2, 0.25) is 0 Å². The number of carbonyl (C=O) groups is 2. The Morgan fingerprint density at radius 1 is 1.27 bits per heavy atom. The van der Waals surface area contributed by atoms with Crippen molar-refractivity contribution in [3.8, 4) is 0 Å². The Morgan fingerprint density at radius 2 is 1.86 bits per heavy atom. The van der Waals surface area contributed by atoms with Gasteiger partial charge in [0.2, 0.25) is 0 Å². The number of amides is 1. The molecule has 0 aromatic heterocycles. The van der Waals surface area contributed by atoms with Crippen LogP contribution in [0.1, 0.15) is 41.5 Å². The van der Waals surface area contributed by atoms with Crippen LogP contribution in [0.3, 0.4) is 0 Å². The van der Waals surface area contributed by atoms with Gasteiger partial charge in [0.1, 0.15) is 5.60 Å². The molecule has 2 fully saturated rings. The minimum absolute atomic E-state index is 0.165. The van der Waals surface area contributed by atoms with E-state index in [2.05, 4.69) is 5.32 Å². The van der Waals surface area contributed by atoms with Gasteiger partial charge in [0.15, 0.2) is 0 Å². The van der Waals surface area contributed by atoms with Crippen molar-refractivity contribution in [3.05, 3.63) is 0 Å². The van der Waals surface area contributed by atoms with Gasteiger partial charge in [-0.1, -0.05) is 13.8 Å². The maximum atomic E-state index is 12.0. The largest absolute Gasteiger partial charge is 0.466 e. The second-order valence-corrected chi connectivity index (χ2v) is 6.63. The molecule has 2 saturated heterocycles. The molecule has 1 unspecified atom stereocenters. The van der Waals surface area contributed by atoms with E-state index in [0.717, 1.165) is 6.54 Å². The van der Waals surface area contributed by atoms with Gasteiger partial charge in [-0.15, -0.1) is 0 Å². The third-order valence-corrected chi connectivity index (χ3v) is 3.80. The summed E-state index contributed by atoms with van der Waals surface area (Å²) >= 11 is 0. The van der Waals surface area contributed by atoms with Crippen molar-refractivity contribution in [2.24, 2.45) is 11.3 Å². The molecule has 0 aromatic rings. The summed E-state index contributed by atoms with van der Waals surface area (Å²) < 4.78 is 10.5. The minimum atomic E-state index is -0.492. The first-order chi connectivity index (χ1) is 10.3. The maximum absolute atomic E-state index is 12.0. The fraction of sp³-hybridized carbons (Fsp3) is 0.875. The number of hydrogen-bond acceptors (Lipinski definition) is 5. The van der Waals surface area contributed by atoms with E-state index in [1.54, 1.807) is 11.8 Å². The van der Waals surface area contributed by atoms with Gasteiger partial charge in [0.25, 0.3) is 0 Å². The SMILES string of the molecule is CC.CCOC(=O)C1CNCC12CN(C(=O)OC(C)(C)C)C2. The molecule has 1 N–H and O–H groups in total. The Morgan fingerprint density at radius 3 is 2.36 bits per heavy atom. The highest BCUT2D eigenvalue weighted by molar-refractivity contribution is 5.76. The second-order valence-electron chi connectivity index (χ2n) is 6.63. The first-order valence-electron chi connectivity index (χ1n) is 8.13. The summed E-state index contributed by atoms with van der Waals surface area (Å²) in [5.74, 6) is -0.331. The fourth-order valence-electron chi connectivity index (χ4n) is 2.88. The van der Waals surface area contributed by atoms with E-state index in [1.165, 1.54) is 0 Å². The lowest BCUT2D eigenvalue weighted by atomic mass is 9.72. The number of ether oxygens (including phenoxy) is 2. The van der Waals surface area contributed by atoms with Gasteiger partial charge >= 0.3 is 12.1 Å². The molecule has 0 aromatic carbocycles. The summed E-state index contributed by atoms with van der Waals surface area (Å²) in [4.78, 5) is 25.6. The molecule has 2 rings (SSSR count). The zero-order valence-corrected chi connectivity index (χ0v) is 14.7. The Bertz CT molecular complexity index is 397. The molecule has 2 aliphatic heterocycles. The molecule has 0 bridgehead atoms. The van der Waals surface area contributed by atoms with Gasteiger partial charge < -0.3 is 19.7 Å². The van der Waals surface area contributed by atoms with Gasteiger partial charge in [-0.2, -0.15) is 0 Å². The monoisotopic (exact) mass is 314 g/mol. The highest BCUT2D eigenvalue weighted by atomic mass is 16.6. The van der Waals surface area contributed by atoms with Crippen LogP contribution in [0.5, 0.6) is 0 Å². The molecule has 2 aliphatic rings. The number of nitrogens with zero attached hydrogens (tertiary/aromatic N) is 1. The lowest BCUT2D eigenvalue weighted by Gasteiger charge is -2.49. The number of esters is 1. The molecular weight excluding hydrogens is 284 g/mol. The Kier molecular flexibility index (Phi) is 6.23. The van der Waals surface area contributed by atoms with E-state index >= 15 is 0 Å². The molecule has 6 nitrogen and oxygen atoms in total. The topological polar surface area (TPSA) is 67.9 Å². The van der Waals surface area contributed by atoms with Gasteiger partial charge in [0, 0.05) is 31.6 Å². The van der Waals surface area contributed by atoms with Gasteiger partial charge in [0.05, 0.1) is 12.5 Å². The standard InChI is InChI=1S/C14H24N2O4.C2H6/c1-5-19-11(17)10-6-15-7-14(10)8-16(9-14)12(18)20-13(2,3)4;1-2/h10,15H,5-9H2,1-4H3;1-2H3. The highest BCUT2D eigenvalue weighted by Crippen LogP contribution is 2.41. The van der Waals surface area contributed by atoms with Crippen LogP contribution < -0.4 is 5.32 Å². The van der Waals surface area contributed by atoms with Crippen molar-refractivity contribution >= 4 is 12.1 Å². The van der Waals surface area contributed by atoms with Crippen molar-refractivity contribution in [1.82, 2.24) is 10.2 Å². The van der Waals surface area contributed by atoms with E-state index in [1.807, 2.05) is 34.6 Å². The second kappa shape index (κ2) is 7.31. The highest BCUT2D eigenvalue weighted by Gasteiger charge is 2.56. The summed E-state index contributed by atoms with van der Waals surface area (Å²) in [6.07, 6.45) is -0.308. The minimum Gasteiger partial charge on any atom is -0.466 e. The normalized spacial score (nSPS) is 22.5. The molecule has 22 heavy (non-hydrogen) atoms. The average molecular weight is 314 g/mol. The Labute approximate surface area is 133 Å². The molecule has 1 atom stereocenters. The molecule has 2 heterocycles. The van der Waals surface area contributed by atoms with Crippen molar-refractivity contribution in [2.75, 3.05) is 32.8 Å². The smallest absolute Gasteiger partial charge is 0.410 e. The molecule has 6 heteroatoms. The lowest BCUT2D eigenvalue weighted by Crippen LogP contribution is -2.63. The van der Waals surface area contributed by atoms with Crippen LogP contribution in [0, 0.1) is 11.3 Å². The van der Waals surface area contributed by atoms with Crippen LogP contribution in [0.15, 0.2) is 0 Å². The summed E-state index contributed by atoms with van der Waals surface area (Å²) in [6, 6.07) is 0. The third kappa shape index (κ3) is 4.12. The van der Waals surface area contributed by atoms with E-state index < -0.39 is 5.60 Å². The summed E-state index contributed by atoms with van der Waals surface area (Å²) in [5, 5.41) is 3.23. The molecular formula is C16H30N2O4.